The molecular formula is C20H32ClN3O4S. The average Bonchev–Trinajstić information content (AvgIpc) is 3.23. The van der Waals surface area contributed by atoms with Crippen molar-refractivity contribution in [1.82, 2.24) is 14.9 Å². The lowest BCUT2D eigenvalue weighted by atomic mass is 10.1. The van der Waals surface area contributed by atoms with Crippen LogP contribution in [0, 0.1) is 5.92 Å². The molecule has 1 saturated heterocycles. The lowest BCUT2D eigenvalue weighted by molar-refractivity contribution is 0.0934. The molecule has 0 aromatic heterocycles. The van der Waals surface area contributed by atoms with E-state index in [9.17, 15) is 13.2 Å². The van der Waals surface area contributed by atoms with Gasteiger partial charge in [0.2, 0.25) is 10.0 Å². The van der Waals surface area contributed by atoms with Gasteiger partial charge in [-0.15, -0.1) is 12.4 Å². The third-order valence-electron chi connectivity index (χ3n) is 5.39. The third kappa shape index (κ3) is 5.42. The van der Waals surface area contributed by atoms with Gasteiger partial charge >= 0.3 is 0 Å². The predicted molar refractivity (Wildman–Crippen MR) is 115 cm³/mol. The largest absolute Gasteiger partial charge is 0.489 e. The number of carbonyl (C=O) groups is 1. The summed E-state index contributed by atoms with van der Waals surface area (Å²) in [6.45, 7) is 8.94. The van der Waals surface area contributed by atoms with Crippen molar-refractivity contribution in [2.45, 2.75) is 57.1 Å². The number of rotatable bonds is 7. The Morgan fingerprint density at radius 1 is 1.34 bits per heavy atom. The molecule has 2 heterocycles. The van der Waals surface area contributed by atoms with E-state index in [0.29, 0.717) is 36.2 Å². The molecule has 2 aliphatic rings. The number of nitrogens with zero attached hydrogens (tertiary/aromatic N) is 1. The van der Waals surface area contributed by atoms with Gasteiger partial charge in [-0.25, -0.2) is 13.1 Å². The summed E-state index contributed by atoms with van der Waals surface area (Å²) in [6, 6.07) is 3.34. The van der Waals surface area contributed by atoms with Crippen molar-refractivity contribution < 1.29 is 17.9 Å². The molecule has 164 valence electrons. The number of nitrogens with one attached hydrogen (secondary N) is 2. The molecule has 2 atom stereocenters. The maximum absolute atomic E-state index is 12.9. The molecule has 0 aliphatic carbocycles. The highest BCUT2D eigenvalue weighted by Crippen LogP contribution is 2.35. The van der Waals surface area contributed by atoms with Crippen LogP contribution >= 0.6 is 12.4 Å². The van der Waals surface area contributed by atoms with E-state index < -0.39 is 10.0 Å². The number of ether oxygens (including phenoxy) is 1. The number of benzene rings is 1. The van der Waals surface area contributed by atoms with Gasteiger partial charge in [-0.05, 0) is 57.0 Å². The molecule has 1 aromatic carbocycles. The molecule has 1 fully saturated rings. The van der Waals surface area contributed by atoms with Crippen molar-refractivity contribution in [3.05, 3.63) is 23.3 Å². The van der Waals surface area contributed by atoms with Crippen molar-refractivity contribution in [1.29, 1.82) is 0 Å². The van der Waals surface area contributed by atoms with Crippen LogP contribution in [0.3, 0.4) is 0 Å². The highest BCUT2D eigenvalue weighted by atomic mass is 35.5. The Hall–Kier alpha value is -1.35. The number of fused-ring (bicyclic) bond motifs is 1. The minimum absolute atomic E-state index is 0. The maximum Gasteiger partial charge on any atom is 0.255 e. The summed E-state index contributed by atoms with van der Waals surface area (Å²) < 4.78 is 32.7. The number of halogens is 1. The molecule has 1 aromatic rings. The van der Waals surface area contributed by atoms with E-state index in [2.05, 4.69) is 28.8 Å². The Kier molecular flexibility index (Phi) is 7.95. The fourth-order valence-electron chi connectivity index (χ4n) is 4.09. The SMILES string of the molecule is CNS(=O)(=O)c1cc2c(c(C(=O)NCC3CCCN3CC(C)C)c1)OC(C)C2.Cl. The molecule has 2 aliphatic heterocycles. The quantitative estimate of drug-likeness (QED) is 0.671. The Labute approximate surface area is 180 Å². The van der Waals surface area contributed by atoms with Crippen LogP contribution in [0.2, 0.25) is 0 Å². The number of likely N-dealkylation sites (tertiary alicyclic amines) is 1. The van der Waals surface area contributed by atoms with Crippen LogP contribution < -0.4 is 14.8 Å². The number of hydrogen-bond acceptors (Lipinski definition) is 5. The van der Waals surface area contributed by atoms with Crippen molar-refractivity contribution in [2.75, 3.05) is 26.7 Å². The fourth-order valence-corrected chi connectivity index (χ4v) is 4.89. The summed E-state index contributed by atoms with van der Waals surface area (Å²) in [5, 5.41) is 3.01. The molecule has 0 radical (unpaired) electrons. The molecular weight excluding hydrogens is 414 g/mol. The average molecular weight is 446 g/mol. The first-order valence-electron chi connectivity index (χ1n) is 10.0. The van der Waals surface area contributed by atoms with E-state index in [-0.39, 0.29) is 29.3 Å². The van der Waals surface area contributed by atoms with Crippen LogP contribution in [0.5, 0.6) is 5.75 Å². The molecule has 3 rings (SSSR count). The summed E-state index contributed by atoms with van der Waals surface area (Å²) in [5.41, 5.74) is 1.06. The minimum atomic E-state index is -3.64. The monoisotopic (exact) mass is 445 g/mol. The molecule has 2 unspecified atom stereocenters. The zero-order valence-electron chi connectivity index (χ0n) is 17.5. The smallest absolute Gasteiger partial charge is 0.255 e. The molecule has 29 heavy (non-hydrogen) atoms. The number of amides is 1. The molecule has 9 heteroatoms. The molecule has 0 bridgehead atoms. The van der Waals surface area contributed by atoms with Crippen LogP contribution in [0.4, 0.5) is 0 Å². The fraction of sp³-hybridized carbons (Fsp3) is 0.650. The first kappa shape index (κ1) is 23.9. The topological polar surface area (TPSA) is 87.7 Å². The van der Waals surface area contributed by atoms with Crippen molar-refractivity contribution >= 4 is 28.3 Å². The second kappa shape index (κ2) is 9.64. The number of sulfonamides is 1. The summed E-state index contributed by atoms with van der Waals surface area (Å²) in [7, 11) is -2.27. The summed E-state index contributed by atoms with van der Waals surface area (Å²) >= 11 is 0. The zero-order valence-corrected chi connectivity index (χ0v) is 19.2. The van der Waals surface area contributed by atoms with Crippen LogP contribution in [0.1, 0.15) is 49.5 Å². The molecule has 7 nitrogen and oxygen atoms in total. The van der Waals surface area contributed by atoms with Gasteiger partial charge in [0, 0.05) is 25.6 Å². The lowest BCUT2D eigenvalue weighted by Gasteiger charge is -2.26. The van der Waals surface area contributed by atoms with Crippen LogP contribution in [0.15, 0.2) is 17.0 Å². The van der Waals surface area contributed by atoms with Crippen LogP contribution in [0.25, 0.3) is 0 Å². The Morgan fingerprint density at radius 3 is 2.72 bits per heavy atom. The third-order valence-corrected chi connectivity index (χ3v) is 6.78. The maximum atomic E-state index is 12.9. The van der Waals surface area contributed by atoms with E-state index in [1.54, 1.807) is 6.07 Å². The van der Waals surface area contributed by atoms with Crippen LogP contribution in [-0.4, -0.2) is 58.1 Å². The number of carbonyl (C=O) groups excluding carboxylic acids is 1. The summed E-state index contributed by atoms with van der Waals surface area (Å²) in [5.74, 6) is 0.804. The Balaban J connectivity index is 0.00000300. The van der Waals surface area contributed by atoms with Gasteiger partial charge in [-0.2, -0.15) is 0 Å². The van der Waals surface area contributed by atoms with E-state index in [0.717, 1.165) is 31.5 Å². The van der Waals surface area contributed by atoms with Crippen molar-refractivity contribution in [3.63, 3.8) is 0 Å². The van der Waals surface area contributed by atoms with Gasteiger partial charge in [0.05, 0.1) is 10.5 Å². The van der Waals surface area contributed by atoms with E-state index in [4.69, 9.17) is 4.74 Å². The van der Waals surface area contributed by atoms with Gasteiger partial charge in [-0.3, -0.25) is 9.69 Å². The molecule has 1 amide bonds. The Bertz CT molecular complexity index is 844. The molecule has 0 saturated carbocycles. The zero-order chi connectivity index (χ0) is 20.5. The van der Waals surface area contributed by atoms with Crippen molar-refractivity contribution in [3.8, 4) is 5.75 Å². The van der Waals surface area contributed by atoms with Gasteiger partial charge in [0.1, 0.15) is 11.9 Å². The second-order valence-electron chi connectivity index (χ2n) is 8.19. The van der Waals surface area contributed by atoms with Gasteiger partial charge in [0.25, 0.3) is 5.91 Å². The summed E-state index contributed by atoms with van der Waals surface area (Å²) in [4.78, 5) is 15.5. The first-order chi connectivity index (χ1) is 13.2. The standard InChI is InChI=1S/C20H31N3O4S.ClH/c1-13(2)12-23-7-5-6-16(23)11-22-20(24)18-10-17(28(25,26)21-4)9-15-8-14(3)27-19(15)18;/h9-10,13-14,16,21H,5-8,11-12H2,1-4H3,(H,22,24);1H. The number of hydrogen-bond donors (Lipinski definition) is 2. The summed E-state index contributed by atoms with van der Waals surface area (Å²) in [6.07, 6.45) is 2.71. The molecule has 2 N–H and O–H groups in total. The molecule has 0 spiro atoms. The first-order valence-corrected chi connectivity index (χ1v) is 11.5. The highest BCUT2D eigenvalue weighted by Gasteiger charge is 2.30. The van der Waals surface area contributed by atoms with Gasteiger partial charge in [0.15, 0.2) is 0 Å². The second-order valence-corrected chi connectivity index (χ2v) is 10.1. The van der Waals surface area contributed by atoms with Gasteiger partial charge < -0.3 is 10.1 Å². The Morgan fingerprint density at radius 2 is 2.07 bits per heavy atom. The van der Waals surface area contributed by atoms with Crippen molar-refractivity contribution in [2.24, 2.45) is 5.92 Å². The predicted octanol–water partition coefficient (Wildman–Crippen LogP) is 2.19. The van der Waals surface area contributed by atoms with E-state index >= 15 is 0 Å². The van der Waals surface area contributed by atoms with E-state index in [1.807, 2.05) is 6.92 Å². The van der Waals surface area contributed by atoms with Gasteiger partial charge in [-0.1, -0.05) is 13.8 Å². The van der Waals surface area contributed by atoms with Crippen LogP contribution in [-0.2, 0) is 16.4 Å². The lowest BCUT2D eigenvalue weighted by Crippen LogP contribution is -2.41. The highest BCUT2D eigenvalue weighted by molar-refractivity contribution is 7.89. The van der Waals surface area contributed by atoms with E-state index in [1.165, 1.54) is 13.1 Å². The minimum Gasteiger partial charge on any atom is -0.489 e. The normalized spacial score (nSPS) is 21.6.